The van der Waals surface area contributed by atoms with Crippen molar-refractivity contribution >= 4 is 63.2 Å². The molecular weight excluding hydrogens is 485 g/mol. The van der Waals surface area contributed by atoms with E-state index in [1.165, 1.54) is 11.5 Å². The molecule has 1 aromatic carbocycles. The first-order chi connectivity index (χ1) is 12.8. The summed E-state index contributed by atoms with van der Waals surface area (Å²) in [6.45, 7) is 2.05. The van der Waals surface area contributed by atoms with Crippen LogP contribution in [0, 0.1) is 0 Å². The van der Waals surface area contributed by atoms with Gasteiger partial charge in [-0.05, 0) is 60.1 Å². The summed E-state index contributed by atoms with van der Waals surface area (Å²) in [6.07, 6.45) is 3.88. The zero-order valence-electron chi connectivity index (χ0n) is 14.8. The maximum atomic E-state index is 6.01. The first-order valence-electron chi connectivity index (χ1n) is 8.48. The second-order valence-electron chi connectivity index (χ2n) is 5.99. The van der Waals surface area contributed by atoms with Crippen molar-refractivity contribution in [2.75, 3.05) is 18.4 Å². The number of nitrogens with one attached hydrogen (secondary N) is 2. The number of hydrogen-bond acceptors (Lipinski definition) is 7. The fraction of sp³-hybridized carbons (Fsp3) is 0.278. The summed E-state index contributed by atoms with van der Waals surface area (Å²) in [5, 5.41) is 7.35. The van der Waals surface area contributed by atoms with E-state index in [9.17, 15) is 0 Å². The molecule has 28 heavy (non-hydrogen) atoms. The Labute approximate surface area is 188 Å². The summed E-state index contributed by atoms with van der Waals surface area (Å²) in [7, 11) is 0. The van der Waals surface area contributed by atoms with Crippen LogP contribution >= 0.6 is 52.3 Å². The Kier molecular flexibility index (Phi) is 8.91. The van der Waals surface area contributed by atoms with Crippen LogP contribution in [0.5, 0.6) is 11.5 Å². The molecule has 150 valence electrons. The Morgan fingerprint density at radius 1 is 1.11 bits per heavy atom. The molecule has 2 aromatic heterocycles. The summed E-state index contributed by atoms with van der Waals surface area (Å²) in [5.74, 6) is 3.32. The molecule has 3 heterocycles. The van der Waals surface area contributed by atoms with Crippen molar-refractivity contribution < 1.29 is 4.74 Å². The quantitative estimate of drug-likeness (QED) is 0.475. The van der Waals surface area contributed by atoms with Gasteiger partial charge in [0.05, 0.1) is 4.47 Å². The van der Waals surface area contributed by atoms with Crippen molar-refractivity contribution in [1.82, 2.24) is 19.7 Å². The maximum Gasteiger partial charge on any atom is 0.208 e. The monoisotopic (exact) mass is 503 g/mol. The minimum absolute atomic E-state index is 0. The SMILES string of the molecule is Brc1ccnc(Nc2nc(C3CCNCC3)ns2)c1Oc1ccccc1.Cl.Cl. The molecule has 0 bridgehead atoms. The van der Waals surface area contributed by atoms with Crippen molar-refractivity contribution in [2.45, 2.75) is 18.8 Å². The van der Waals surface area contributed by atoms with E-state index in [4.69, 9.17) is 4.74 Å². The van der Waals surface area contributed by atoms with Gasteiger partial charge in [-0.15, -0.1) is 24.8 Å². The van der Waals surface area contributed by atoms with Gasteiger partial charge in [0.25, 0.3) is 0 Å². The van der Waals surface area contributed by atoms with Gasteiger partial charge in [-0.2, -0.15) is 4.37 Å². The zero-order valence-corrected chi connectivity index (χ0v) is 18.8. The molecule has 0 saturated carbocycles. The summed E-state index contributed by atoms with van der Waals surface area (Å²) >= 11 is 4.90. The summed E-state index contributed by atoms with van der Waals surface area (Å²) < 4.78 is 11.4. The molecule has 3 aromatic rings. The Morgan fingerprint density at radius 2 is 1.86 bits per heavy atom. The number of ether oxygens (including phenoxy) is 1. The Bertz CT molecular complexity index is 877. The predicted molar refractivity (Wildman–Crippen MR) is 121 cm³/mol. The summed E-state index contributed by atoms with van der Waals surface area (Å²) in [4.78, 5) is 9.08. The van der Waals surface area contributed by atoms with Crippen LogP contribution in [0.15, 0.2) is 47.1 Å². The van der Waals surface area contributed by atoms with Crippen molar-refractivity contribution in [3.05, 3.63) is 52.9 Å². The third-order valence-corrected chi connectivity index (χ3v) is 5.46. The van der Waals surface area contributed by atoms with Gasteiger partial charge in [0, 0.05) is 23.6 Å². The second-order valence-corrected chi connectivity index (χ2v) is 7.60. The van der Waals surface area contributed by atoms with E-state index in [-0.39, 0.29) is 24.8 Å². The molecule has 1 saturated heterocycles. The van der Waals surface area contributed by atoms with Crippen LogP contribution < -0.4 is 15.4 Å². The number of piperidine rings is 1. The molecular formula is C18H20BrCl2N5OS. The van der Waals surface area contributed by atoms with Gasteiger partial charge in [0.1, 0.15) is 11.6 Å². The molecule has 0 radical (unpaired) electrons. The predicted octanol–water partition coefficient (Wildman–Crippen LogP) is 5.54. The molecule has 0 unspecified atom stereocenters. The van der Waals surface area contributed by atoms with Crippen LogP contribution in [-0.2, 0) is 0 Å². The fourth-order valence-electron chi connectivity index (χ4n) is 2.85. The number of rotatable bonds is 5. The first kappa shape index (κ1) is 22.8. The van der Waals surface area contributed by atoms with E-state index >= 15 is 0 Å². The first-order valence-corrected chi connectivity index (χ1v) is 10.0. The number of anilines is 2. The van der Waals surface area contributed by atoms with E-state index in [1.54, 1.807) is 6.20 Å². The number of hydrogen-bond donors (Lipinski definition) is 2. The topological polar surface area (TPSA) is 72.0 Å². The normalized spacial score (nSPS) is 13.9. The van der Waals surface area contributed by atoms with Gasteiger partial charge >= 0.3 is 0 Å². The second kappa shape index (κ2) is 10.9. The summed E-state index contributed by atoms with van der Waals surface area (Å²) in [6, 6.07) is 11.5. The highest BCUT2D eigenvalue weighted by Crippen LogP contribution is 2.37. The Morgan fingerprint density at radius 3 is 2.61 bits per heavy atom. The van der Waals surface area contributed by atoms with Crippen LogP contribution in [0.3, 0.4) is 0 Å². The smallest absolute Gasteiger partial charge is 0.208 e. The van der Waals surface area contributed by atoms with E-state index in [0.717, 1.165) is 47.1 Å². The number of para-hydroxylation sites is 1. The van der Waals surface area contributed by atoms with Crippen LogP contribution in [0.25, 0.3) is 0 Å². The standard InChI is InChI=1S/C18H18BrN5OS.2ClH/c19-14-8-11-21-17(15(14)25-13-4-2-1-3-5-13)23-18-22-16(24-26-18)12-6-9-20-10-7-12;;/h1-5,8,11-12,20H,6-7,9-10H2,(H,21,22,23,24);2*1H. The van der Waals surface area contributed by atoms with Crippen molar-refractivity contribution in [3.63, 3.8) is 0 Å². The van der Waals surface area contributed by atoms with Gasteiger partial charge in [0.2, 0.25) is 5.13 Å². The third kappa shape index (κ3) is 5.55. The van der Waals surface area contributed by atoms with Crippen molar-refractivity contribution in [3.8, 4) is 11.5 Å². The lowest BCUT2D eigenvalue weighted by Crippen LogP contribution is -2.27. The van der Waals surface area contributed by atoms with E-state index < -0.39 is 0 Å². The number of pyridine rings is 1. The van der Waals surface area contributed by atoms with E-state index in [0.29, 0.717) is 17.5 Å². The largest absolute Gasteiger partial charge is 0.452 e. The third-order valence-electron chi connectivity index (χ3n) is 4.19. The van der Waals surface area contributed by atoms with Gasteiger partial charge in [-0.3, -0.25) is 0 Å². The zero-order chi connectivity index (χ0) is 17.8. The molecule has 0 amide bonds. The fourth-order valence-corrected chi connectivity index (χ4v) is 3.88. The summed E-state index contributed by atoms with van der Waals surface area (Å²) in [5.41, 5.74) is 0. The molecule has 4 rings (SSSR count). The number of aromatic nitrogens is 3. The lowest BCUT2D eigenvalue weighted by molar-refractivity contribution is 0.448. The Balaban J connectivity index is 0.00000140. The molecule has 0 atom stereocenters. The Hall–Kier alpha value is -1.45. The number of halogens is 3. The maximum absolute atomic E-state index is 6.01. The van der Waals surface area contributed by atoms with Gasteiger partial charge < -0.3 is 15.4 Å². The molecule has 1 fully saturated rings. The molecule has 1 aliphatic rings. The highest BCUT2D eigenvalue weighted by molar-refractivity contribution is 9.10. The van der Waals surface area contributed by atoms with Gasteiger partial charge in [-0.1, -0.05) is 18.2 Å². The van der Waals surface area contributed by atoms with Crippen LogP contribution in [0.2, 0.25) is 0 Å². The number of benzene rings is 1. The van der Waals surface area contributed by atoms with Crippen LogP contribution in [0.4, 0.5) is 10.9 Å². The lowest BCUT2D eigenvalue weighted by atomic mass is 9.98. The minimum atomic E-state index is 0. The van der Waals surface area contributed by atoms with Crippen LogP contribution in [-0.4, -0.2) is 27.4 Å². The van der Waals surface area contributed by atoms with Crippen molar-refractivity contribution in [2.24, 2.45) is 0 Å². The average molecular weight is 505 g/mol. The minimum Gasteiger partial charge on any atom is -0.452 e. The lowest BCUT2D eigenvalue weighted by Gasteiger charge is -2.19. The van der Waals surface area contributed by atoms with Gasteiger partial charge in [-0.25, -0.2) is 9.97 Å². The van der Waals surface area contributed by atoms with Crippen molar-refractivity contribution in [1.29, 1.82) is 0 Å². The molecule has 2 N–H and O–H groups in total. The highest BCUT2D eigenvalue weighted by Gasteiger charge is 2.20. The molecule has 6 nitrogen and oxygen atoms in total. The van der Waals surface area contributed by atoms with Crippen LogP contribution in [0.1, 0.15) is 24.6 Å². The van der Waals surface area contributed by atoms with E-state index in [1.807, 2.05) is 36.4 Å². The number of nitrogens with zero attached hydrogens (tertiary/aromatic N) is 3. The average Bonchev–Trinajstić information content (AvgIpc) is 3.15. The highest BCUT2D eigenvalue weighted by atomic mass is 79.9. The van der Waals surface area contributed by atoms with Gasteiger partial charge in [0.15, 0.2) is 11.6 Å². The molecule has 1 aliphatic heterocycles. The molecule has 0 aliphatic carbocycles. The molecule has 10 heteroatoms. The van der Waals surface area contributed by atoms with E-state index in [2.05, 4.69) is 40.9 Å². The molecule has 0 spiro atoms.